The first-order valence-electron chi connectivity index (χ1n) is 5.44. The van der Waals surface area contributed by atoms with Gasteiger partial charge in [0.1, 0.15) is 5.82 Å². The summed E-state index contributed by atoms with van der Waals surface area (Å²) in [6.07, 6.45) is 1.51. The van der Waals surface area contributed by atoms with Crippen LogP contribution in [0.2, 0.25) is 5.02 Å². The highest BCUT2D eigenvalue weighted by molar-refractivity contribution is 6.31. The van der Waals surface area contributed by atoms with Crippen LogP contribution in [0.3, 0.4) is 0 Å². The van der Waals surface area contributed by atoms with Gasteiger partial charge in [-0.25, -0.2) is 9.82 Å². The fourth-order valence-electron chi connectivity index (χ4n) is 1.95. The highest BCUT2D eigenvalue weighted by Crippen LogP contribution is 2.29. The van der Waals surface area contributed by atoms with Crippen molar-refractivity contribution in [1.82, 2.24) is 15.2 Å². The van der Waals surface area contributed by atoms with Crippen molar-refractivity contribution in [2.24, 2.45) is 12.9 Å². The van der Waals surface area contributed by atoms with Gasteiger partial charge in [0.2, 0.25) is 0 Å². The molecule has 4 nitrogen and oxygen atoms in total. The number of nitrogens with one attached hydrogen (secondary N) is 1. The molecule has 96 valence electrons. The van der Waals surface area contributed by atoms with Gasteiger partial charge >= 0.3 is 0 Å². The second-order valence-corrected chi connectivity index (χ2v) is 4.49. The summed E-state index contributed by atoms with van der Waals surface area (Å²) in [6, 6.07) is 4.63. The number of hydrazine groups is 1. The van der Waals surface area contributed by atoms with Crippen molar-refractivity contribution in [2.45, 2.75) is 13.0 Å². The van der Waals surface area contributed by atoms with Crippen LogP contribution in [-0.4, -0.2) is 9.78 Å². The molecule has 0 radical (unpaired) electrons. The summed E-state index contributed by atoms with van der Waals surface area (Å²) in [5, 5.41) is 4.48. The smallest absolute Gasteiger partial charge is 0.131 e. The Morgan fingerprint density at radius 3 is 2.78 bits per heavy atom. The van der Waals surface area contributed by atoms with E-state index in [0.717, 1.165) is 0 Å². The summed E-state index contributed by atoms with van der Waals surface area (Å²) in [5.74, 6) is 5.24. The molecular weight excluding hydrogens is 255 g/mol. The van der Waals surface area contributed by atoms with Crippen LogP contribution >= 0.6 is 11.6 Å². The van der Waals surface area contributed by atoms with Gasteiger partial charge in [0, 0.05) is 12.6 Å². The van der Waals surface area contributed by atoms with Crippen molar-refractivity contribution in [3.63, 3.8) is 0 Å². The van der Waals surface area contributed by atoms with E-state index in [-0.39, 0.29) is 5.82 Å². The van der Waals surface area contributed by atoms with Gasteiger partial charge in [-0.3, -0.25) is 10.5 Å². The zero-order valence-electron chi connectivity index (χ0n) is 10.1. The van der Waals surface area contributed by atoms with Gasteiger partial charge in [0.25, 0.3) is 0 Å². The third-order valence-corrected chi connectivity index (χ3v) is 3.20. The molecule has 1 heterocycles. The Balaban J connectivity index is 2.56. The lowest BCUT2D eigenvalue weighted by Gasteiger charge is -2.18. The van der Waals surface area contributed by atoms with Gasteiger partial charge in [-0.2, -0.15) is 5.10 Å². The van der Waals surface area contributed by atoms with E-state index in [1.807, 2.05) is 0 Å². The SMILES string of the molecule is Cc1cccc(C(NN)c2c(Cl)cnn2C)c1F. The molecular formula is C12H14ClFN4. The number of aryl methyl sites for hydroxylation is 2. The van der Waals surface area contributed by atoms with E-state index in [9.17, 15) is 4.39 Å². The molecule has 1 unspecified atom stereocenters. The number of nitrogens with two attached hydrogens (primary N) is 1. The molecule has 0 saturated carbocycles. The van der Waals surface area contributed by atoms with E-state index in [1.54, 1.807) is 36.9 Å². The van der Waals surface area contributed by atoms with Gasteiger partial charge in [0.15, 0.2) is 0 Å². The lowest BCUT2D eigenvalue weighted by molar-refractivity contribution is 0.529. The lowest BCUT2D eigenvalue weighted by atomic mass is 10.0. The van der Waals surface area contributed by atoms with Gasteiger partial charge in [0.05, 0.1) is 23.0 Å². The summed E-state index contributed by atoms with van der Waals surface area (Å²) in [6.45, 7) is 1.71. The summed E-state index contributed by atoms with van der Waals surface area (Å²) < 4.78 is 15.7. The number of benzene rings is 1. The Hall–Kier alpha value is -1.43. The van der Waals surface area contributed by atoms with Gasteiger partial charge in [-0.05, 0) is 12.5 Å². The number of nitrogens with zero attached hydrogens (tertiary/aromatic N) is 2. The van der Waals surface area contributed by atoms with E-state index in [2.05, 4.69) is 10.5 Å². The number of halogens is 2. The van der Waals surface area contributed by atoms with Crippen LogP contribution in [0.5, 0.6) is 0 Å². The maximum Gasteiger partial charge on any atom is 0.131 e. The van der Waals surface area contributed by atoms with Crippen LogP contribution in [0.15, 0.2) is 24.4 Å². The number of aromatic nitrogens is 2. The Labute approximate surface area is 110 Å². The highest BCUT2D eigenvalue weighted by Gasteiger charge is 2.23. The third-order valence-electron chi connectivity index (χ3n) is 2.91. The minimum Gasteiger partial charge on any atom is -0.271 e. The molecule has 0 fully saturated rings. The zero-order chi connectivity index (χ0) is 13.3. The molecule has 2 aromatic rings. The predicted molar refractivity (Wildman–Crippen MR) is 68.5 cm³/mol. The minimum absolute atomic E-state index is 0.294. The van der Waals surface area contributed by atoms with Crippen LogP contribution in [0.1, 0.15) is 22.9 Å². The largest absolute Gasteiger partial charge is 0.271 e. The minimum atomic E-state index is -0.537. The van der Waals surface area contributed by atoms with E-state index in [1.165, 1.54) is 6.20 Å². The molecule has 0 bridgehead atoms. The lowest BCUT2D eigenvalue weighted by Crippen LogP contribution is -2.31. The van der Waals surface area contributed by atoms with Gasteiger partial charge in [-0.1, -0.05) is 29.8 Å². The van der Waals surface area contributed by atoms with Crippen molar-refractivity contribution in [3.05, 3.63) is 52.1 Å². The first kappa shape index (κ1) is 13.0. The Morgan fingerprint density at radius 1 is 1.50 bits per heavy atom. The van der Waals surface area contributed by atoms with E-state index < -0.39 is 6.04 Å². The molecule has 2 rings (SSSR count). The molecule has 1 atom stereocenters. The fraction of sp³-hybridized carbons (Fsp3) is 0.250. The van der Waals surface area contributed by atoms with Crippen LogP contribution in [-0.2, 0) is 7.05 Å². The molecule has 0 spiro atoms. The molecule has 0 saturated heterocycles. The summed E-state index contributed by atoms with van der Waals surface area (Å²) >= 11 is 6.06. The first-order valence-corrected chi connectivity index (χ1v) is 5.82. The number of hydrogen-bond donors (Lipinski definition) is 2. The van der Waals surface area contributed by atoms with Gasteiger partial charge in [-0.15, -0.1) is 0 Å². The molecule has 0 aliphatic rings. The second kappa shape index (κ2) is 5.06. The Bertz CT molecular complexity index is 548. The summed E-state index contributed by atoms with van der Waals surface area (Å²) in [7, 11) is 1.74. The third kappa shape index (κ3) is 2.12. The van der Waals surface area contributed by atoms with E-state index in [0.29, 0.717) is 21.8 Å². The average Bonchev–Trinajstić information content (AvgIpc) is 2.67. The number of rotatable bonds is 3. The molecule has 0 aliphatic heterocycles. The van der Waals surface area contributed by atoms with Crippen LogP contribution in [0, 0.1) is 12.7 Å². The zero-order valence-corrected chi connectivity index (χ0v) is 10.9. The Morgan fingerprint density at radius 2 is 2.22 bits per heavy atom. The fourth-order valence-corrected chi connectivity index (χ4v) is 2.23. The summed E-state index contributed by atoms with van der Waals surface area (Å²) in [5.41, 5.74) is 4.22. The predicted octanol–water partition coefficient (Wildman–Crippen LogP) is 2.07. The molecule has 0 aliphatic carbocycles. The van der Waals surface area contributed by atoms with E-state index in [4.69, 9.17) is 17.4 Å². The van der Waals surface area contributed by atoms with Crippen molar-refractivity contribution in [3.8, 4) is 0 Å². The van der Waals surface area contributed by atoms with E-state index >= 15 is 0 Å². The quantitative estimate of drug-likeness (QED) is 0.662. The maximum atomic E-state index is 14.1. The van der Waals surface area contributed by atoms with Crippen LogP contribution in [0.4, 0.5) is 4.39 Å². The van der Waals surface area contributed by atoms with Gasteiger partial charge < -0.3 is 0 Å². The maximum absolute atomic E-state index is 14.1. The molecule has 6 heteroatoms. The van der Waals surface area contributed by atoms with Crippen molar-refractivity contribution in [1.29, 1.82) is 0 Å². The van der Waals surface area contributed by atoms with Crippen molar-refractivity contribution < 1.29 is 4.39 Å². The van der Waals surface area contributed by atoms with Crippen molar-refractivity contribution >= 4 is 11.6 Å². The molecule has 1 aromatic carbocycles. The normalized spacial score (nSPS) is 12.7. The molecule has 3 N–H and O–H groups in total. The monoisotopic (exact) mass is 268 g/mol. The van der Waals surface area contributed by atoms with Crippen molar-refractivity contribution in [2.75, 3.05) is 0 Å². The second-order valence-electron chi connectivity index (χ2n) is 4.08. The topological polar surface area (TPSA) is 55.9 Å². The highest BCUT2D eigenvalue weighted by atomic mass is 35.5. The molecule has 18 heavy (non-hydrogen) atoms. The standard InChI is InChI=1S/C12H14ClFN4/c1-7-4-3-5-8(10(7)14)11(17-15)12-9(13)6-16-18(12)2/h3-6,11,17H,15H2,1-2H3. The molecule has 0 amide bonds. The molecule has 1 aromatic heterocycles. The number of hydrogen-bond acceptors (Lipinski definition) is 3. The van der Waals surface area contributed by atoms with Crippen LogP contribution < -0.4 is 11.3 Å². The average molecular weight is 269 g/mol. The summed E-state index contributed by atoms with van der Waals surface area (Å²) in [4.78, 5) is 0. The first-order chi connectivity index (χ1) is 8.56. The Kier molecular flexibility index (Phi) is 3.65. The van der Waals surface area contributed by atoms with Crippen LogP contribution in [0.25, 0.3) is 0 Å².